The van der Waals surface area contributed by atoms with Crippen molar-refractivity contribution in [2.24, 2.45) is 0 Å². The fraction of sp³-hybridized carbons (Fsp3) is 0.667. The summed E-state index contributed by atoms with van der Waals surface area (Å²) in [5, 5.41) is 0.566. The molecule has 0 spiro atoms. The van der Waals surface area contributed by atoms with Crippen molar-refractivity contribution in [2.45, 2.75) is 288 Å². The highest BCUT2D eigenvalue weighted by molar-refractivity contribution is 5.88. The van der Waals surface area contributed by atoms with E-state index in [1.54, 1.807) is 41.0 Å². The number of nitrogens with zero attached hydrogens (tertiary/aromatic N) is 4. The summed E-state index contributed by atoms with van der Waals surface area (Å²) in [6, 6.07) is 23.9. The van der Waals surface area contributed by atoms with Gasteiger partial charge in [-0.05, 0) is 135 Å². The molecule has 4 aliphatic rings. The van der Waals surface area contributed by atoms with E-state index in [4.69, 9.17) is 62.6 Å². The molecule has 0 saturated carbocycles. The van der Waals surface area contributed by atoms with E-state index in [2.05, 4.69) is 4.98 Å². The first-order valence-corrected chi connectivity index (χ1v) is 32.0. The molecule has 3 aromatic heterocycles. The second kappa shape index (κ2) is 41.2. The van der Waals surface area contributed by atoms with Crippen LogP contribution in [0.25, 0.3) is 10.9 Å². The maximum absolute atomic E-state index is 15.4. The molecule has 0 aliphatic carbocycles. The fourth-order valence-electron chi connectivity index (χ4n) is 10.7. The molecule has 96 heavy (non-hydrogen) atoms. The van der Waals surface area contributed by atoms with Crippen molar-refractivity contribution in [1.29, 1.82) is 0 Å². The minimum Gasteiger partial charge on any atom is -0.383 e. The fourth-order valence-corrected chi connectivity index (χ4v) is 10.7. The van der Waals surface area contributed by atoms with E-state index in [1.165, 1.54) is 45.9 Å². The third kappa shape index (κ3) is 24.5. The number of nitrogen functional groups attached to an aromatic ring is 1. The van der Waals surface area contributed by atoms with Gasteiger partial charge in [0.15, 0.2) is 48.8 Å². The maximum Gasteiger partial charge on any atom is 0.352 e. The Kier molecular flexibility index (Phi) is 37.1. The van der Waals surface area contributed by atoms with Gasteiger partial charge >= 0.3 is 5.69 Å². The minimum atomic E-state index is -1.56. The lowest BCUT2D eigenvalue weighted by Gasteiger charge is -2.22. The van der Waals surface area contributed by atoms with Gasteiger partial charge in [0.2, 0.25) is 0 Å². The Balaban J connectivity index is 0.000000432. The van der Waals surface area contributed by atoms with Gasteiger partial charge in [0.05, 0.1) is 80.8 Å². The van der Waals surface area contributed by atoms with Crippen molar-refractivity contribution in [3.8, 4) is 0 Å². The number of fused-ring (bicyclic) bond motifs is 1. The summed E-state index contributed by atoms with van der Waals surface area (Å²) in [4.78, 5) is 39.4. The van der Waals surface area contributed by atoms with E-state index in [9.17, 15) is 27.6 Å². The Hall–Kier alpha value is -5.48. The molecule has 0 unspecified atom stereocenters. The molecule has 2 aromatic carbocycles. The number of halogens is 4. The summed E-state index contributed by atoms with van der Waals surface area (Å²) in [7, 11) is 0. The van der Waals surface area contributed by atoms with E-state index in [0.29, 0.717) is 17.5 Å². The Labute approximate surface area is 567 Å². The van der Waals surface area contributed by atoms with Crippen LogP contribution in [0.1, 0.15) is 171 Å². The van der Waals surface area contributed by atoms with Gasteiger partial charge in [0.25, 0.3) is 5.56 Å². The number of aromatic nitrogens is 4. The number of ether oxygens (including phenoxy) is 12. The van der Waals surface area contributed by atoms with Crippen LogP contribution >= 0.6 is 0 Å². The summed E-state index contributed by atoms with van der Waals surface area (Å²) in [6.07, 6.45) is -9.80. The number of pyridine rings is 2. The molecule has 0 bridgehead atoms. The second-order valence-corrected chi connectivity index (χ2v) is 25.2. The van der Waals surface area contributed by atoms with Gasteiger partial charge in [-0.25, -0.2) is 22.4 Å². The van der Waals surface area contributed by atoms with Crippen LogP contribution in [0.5, 0.6) is 0 Å². The first-order valence-electron chi connectivity index (χ1n) is 32.0. The highest BCUT2D eigenvalue weighted by Gasteiger charge is 2.51. The Morgan fingerprint density at radius 3 is 1.25 bits per heavy atom. The molecule has 546 valence electrons. The van der Waals surface area contributed by atoms with Crippen molar-refractivity contribution in [3.05, 3.63) is 140 Å². The molecule has 9 rings (SSSR count). The molecule has 20 nitrogen and oxygen atoms in total. The number of anilines is 1. The summed E-state index contributed by atoms with van der Waals surface area (Å²) >= 11 is 0. The van der Waals surface area contributed by atoms with E-state index in [1.807, 2.05) is 141 Å². The van der Waals surface area contributed by atoms with E-state index >= 15 is 4.39 Å². The molecule has 24 heteroatoms. The average molecular weight is 1370 g/mol. The van der Waals surface area contributed by atoms with E-state index in [0.717, 1.165) is 5.56 Å². The number of hydrogen-bond donors (Lipinski definition) is 1. The molecule has 0 radical (unpaired) electrons. The third-order valence-corrected chi connectivity index (χ3v) is 14.7. The zero-order chi connectivity index (χ0) is 67.7. The molecule has 2 N–H and O–H groups in total. The molecule has 5 aromatic rings. The van der Waals surface area contributed by atoms with Crippen molar-refractivity contribution in [2.75, 3.05) is 32.2 Å². The van der Waals surface area contributed by atoms with Gasteiger partial charge in [-0.1, -0.05) is 78.2 Å². The SMILES string of the molecule is C.C.C.C.CC(C)OC[C@H]1O[C@@H](c2ccccc2)[C@H](F)[C@@H]1OC(C)C.CC(C)OC[C@H]1O[C@@H](n2c(=O)nc(N)c3ccccc32)[C@H](F)[C@@H]1OC(C)C.CC(C)OC[C@H]1O[C@@H](n2ccc(=O)cc2)[C@H](F)[C@@H]1OC(C)C.CC(C)OC[C@H]1O[C@@H](n2ccccc2=O)[C@H](F)[C@@H]1OC(C)C. The highest BCUT2D eigenvalue weighted by atomic mass is 19.1. The predicted octanol–water partition coefficient (Wildman–Crippen LogP) is 13.3. The summed E-state index contributed by atoms with van der Waals surface area (Å²) < 4.78 is 132. The van der Waals surface area contributed by atoms with Gasteiger partial charge in [-0.3, -0.25) is 18.7 Å². The Morgan fingerprint density at radius 1 is 0.438 bits per heavy atom. The lowest BCUT2D eigenvalue weighted by molar-refractivity contribution is -0.0967. The third-order valence-electron chi connectivity index (χ3n) is 14.7. The van der Waals surface area contributed by atoms with E-state index < -0.39 is 97.9 Å². The molecule has 4 fully saturated rings. The molecule has 4 saturated heterocycles. The maximum atomic E-state index is 15.4. The number of nitrogens with two attached hydrogens (primary N) is 1. The highest BCUT2D eigenvalue weighted by Crippen LogP contribution is 2.40. The number of alkyl halides is 4. The van der Waals surface area contributed by atoms with Crippen molar-refractivity contribution >= 4 is 16.7 Å². The normalized spacial score (nSPS) is 26.8. The van der Waals surface area contributed by atoms with Crippen molar-refractivity contribution < 1.29 is 74.4 Å². The molecular weight excluding hydrogens is 1250 g/mol. The van der Waals surface area contributed by atoms with Crippen LogP contribution in [0, 0.1) is 0 Å². The lowest BCUT2D eigenvalue weighted by atomic mass is 10.0. The van der Waals surface area contributed by atoms with Crippen LogP contribution in [0.4, 0.5) is 23.4 Å². The van der Waals surface area contributed by atoms with Crippen LogP contribution < -0.4 is 22.4 Å². The van der Waals surface area contributed by atoms with Crippen molar-refractivity contribution in [3.63, 3.8) is 0 Å². The number of para-hydroxylation sites is 1. The summed E-state index contributed by atoms with van der Waals surface area (Å²) in [5.74, 6) is 0.106. The van der Waals surface area contributed by atoms with Crippen LogP contribution in [-0.4, -0.2) is 167 Å². The Bertz CT molecular complexity index is 3140. The first kappa shape index (κ1) is 86.6. The van der Waals surface area contributed by atoms with Gasteiger partial charge in [-0.15, -0.1) is 0 Å². The van der Waals surface area contributed by atoms with Gasteiger partial charge < -0.3 is 67.1 Å². The topological polar surface area (TPSA) is 216 Å². The monoisotopic (exact) mass is 1370 g/mol. The molecular formula is C72H115F4N5O15. The molecule has 16 atom stereocenters. The molecule has 7 heterocycles. The van der Waals surface area contributed by atoms with E-state index in [-0.39, 0.29) is 121 Å². The van der Waals surface area contributed by atoms with Gasteiger partial charge in [-0.2, -0.15) is 4.98 Å². The number of benzene rings is 2. The zero-order valence-electron chi connectivity index (χ0n) is 56.0. The van der Waals surface area contributed by atoms with Gasteiger partial charge in [0, 0.05) is 42.2 Å². The van der Waals surface area contributed by atoms with Crippen LogP contribution in [0.15, 0.2) is 118 Å². The number of hydrogen-bond acceptors (Lipinski definition) is 17. The zero-order valence-corrected chi connectivity index (χ0v) is 56.0. The summed E-state index contributed by atoms with van der Waals surface area (Å²) in [6.45, 7) is 31.2. The van der Waals surface area contributed by atoms with Crippen molar-refractivity contribution in [1.82, 2.24) is 18.7 Å². The smallest absolute Gasteiger partial charge is 0.352 e. The standard InChI is InChI=1S/C19H26FN3O4.C17H25FO3.2C16H24FNO4.4CH4/c1-10(2)25-9-14-16(26-11(3)4)15(20)18(27-14)23-13-8-6-5-7-12(13)17(21)22-19(23)24;1-11(2)19-10-14-17(20-12(3)4)15(18)16(21-14)13-8-6-5-7-9-13;1-10(2)20-9-13-15(21-11(3)4)14(17)16(22-13)18-7-5-12(19)6-8-18;1-10(2)20-9-12-15(21-11(3)4)14(17)16(22-12)18-8-6-5-7-13(18)19;;;;/h5-8,10-11,14-16,18H,9H2,1-4H3,(H2,21,22,24);5-9,11-12,14-17H,10H2,1-4H3;5-8,10-11,13-16H,9H2,1-4H3;5-8,10-12,14-16H,9H2,1-4H3;4*1H4/t14-,15-,16-,18-;14-,15+,16+,17-;13-,14-,15-,16-;12-,14-,15-,16-;;;;/m1111..../s1. The van der Waals surface area contributed by atoms with Crippen LogP contribution in [-0.2, 0) is 56.8 Å². The molecule has 0 amide bonds. The van der Waals surface area contributed by atoms with Crippen LogP contribution in [0.2, 0.25) is 0 Å². The minimum absolute atomic E-state index is 0. The molecule has 4 aliphatic heterocycles. The quantitative estimate of drug-likeness (QED) is 0.0568. The largest absolute Gasteiger partial charge is 0.383 e. The number of rotatable bonds is 24. The average Bonchev–Trinajstić information content (AvgIpc) is 1.44. The summed E-state index contributed by atoms with van der Waals surface area (Å²) in [5.41, 5.74) is 6.08. The Morgan fingerprint density at radius 2 is 0.812 bits per heavy atom. The van der Waals surface area contributed by atoms with Crippen LogP contribution in [0.3, 0.4) is 0 Å². The second-order valence-electron chi connectivity index (χ2n) is 25.2. The predicted molar refractivity (Wildman–Crippen MR) is 369 cm³/mol. The first-order chi connectivity index (χ1) is 43.6. The van der Waals surface area contributed by atoms with Gasteiger partial charge in [0.1, 0.15) is 60.8 Å². The lowest BCUT2D eigenvalue weighted by Crippen LogP contribution is -2.38.